The highest BCUT2D eigenvalue weighted by Crippen LogP contribution is 2.22. The first kappa shape index (κ1) is 20.0. The van der Waals surface area contributed by atoms with Crippen LogP contribution in [0.1, 0.15) is 11.4 Å². The van der Waals surface area contributed by atoms with Crippen molar-refractivity contribution in [2.45, 2.75) is 17.7 Å². The molecule has 5 nitrogen and oxygen atoms in total. The fourth-order valence-electron chi connectivity index (χ4n) is 3.36. The molecule has 30 heavy (non-hydrogen) atoms. The molecular formula is C22H19F2N3O2S. The molecule has 0 radical (unpaired) electrons. The molecule has 8 heteroatoms. The largest absolute Gasteiger partial charge is 0.331 e. The summed E-state index contributed by atoms with van der Waals surface area (Å²) in [6.45, 7) is 0. The van der Waals surface area contributed by atoms with E-state index in [-0.39, 0.29) is 5.69 Å². The summed E-state index contributed by atoms with van der Waals surface area (Å²) >= 11 is 0. The highest BCUT2D eigenvalue weighted by atomic mass is 32.2. The third kappa shape index (κ3) is 4.04. The van der Waals surface area contributed by atoms with Gasteiger partial charge in [-0.1, -0.05) is 24.3 Å². The summed E-state index contributed by atoms with van der Waals surface area (Å²) in [5.41, 5.74) is 3.14. The van der Waals surface area contributed by atoms with E-state index >= 15 is 0 Å². The Balaban J connectivity index is 1.52. The van der Waals surface area contributed by atoms with Crippen LogP contribution in [0.3, 0.4) is 0 Å². The van der Waals surface area contributed by atoms with Crippen LogP contribution in [0.2, 0.25) is 0 Å². The van der Waals surface area contributed by atoms with Crippen molar-refractivity contribution in [1.29, 1.82) is 0 Å². The van der Waals surface area contributed by atoms with Gasteiger partial charge in [-0.15, -0.1) is 0 Å². The van der Waals surface area contributed by atoms with E-state index in [1.165, 1.54) is 0 Å². The summed E-state index contributed by atoms with van der Waals surface area (Å²) in [6, 6.07) is 17.0. The van der Waals surface area contributed by atoms with Crippen molar-refractivity contribution in [3.05, 3.63) is 89.8 Å². The molecule has 3 aromatic carbocycles. The van der Waals surface area contributed by atoms with Crippen molar-refractivity contribution in [2.75, 3.05) is 4.72 Å². The van der Waals surface area contributed by atoms with Gasteiger partial charge in [0.25, 0.3) is 10.0 Å². The number of nitrogens with one attached hydrogen (secondary N) is 1. The van der Waals surface area contributed by atoms with Crippen molar-refractivity contribution in [3.63, 3.8) is 0 Å². The van der Waals surface area contributed by atoms with Crippen LogP contribution in [0, 0.1) is 11.6 Å². The molecule has 0 aliphatic heterocycles. The van der Waals surface area contributed by atoms with Crippen LogP contribution in [0.5, 0.6) is 0 Å². The second-order valence-corrected chi connectivity index (χ2v) is 8.61. The maximum Gasteiger partial charge on any atom is 0.264 e. The molecule has 0 aliphatic carbocycles. The lowest BCUT2D eigenvalue weighted by Crippen LogP contribution is -2.15. The Morgan fingerprint density at radius 3 is 2.57 bits per heavy atom. The van der Waals surface area contributed by atoms with Crippen molar-refractivity contribution >= 4 is 26.7 Å². The lowest BCUT2D eigenvalue weighted by Gasteiger charge is -2.10. The number of fused-ring (bicyclic) bond motifs is 1. The number of hydrogen-bond donors (Lipinski definition) is 1. The van der Waals surface area contributed by atoms with E-state index < -0.39 is 26.6 Å². The fourth-order valence-corrected chi connectivity index (χ4v) is 4.50. The minimum Gasteiger partial charge on any atom is -0.331 e. The first-order chi connectivity index (χ1) is 14.3. The molecule has 154 valence electrons. The molecule has 0 unspecified atom stereocenters. The monoisotopic (exact) mass is 427 g/mol. The van der Waals surface area contributed by atoms with Crippen molar-refractivity contribution in [1.82, 2.24) is 9.55 Å². The SMILES string of the molecule is Cn1c(CCc2cccc(NS(=O)(=O)c3cc(F)ccc3F)c2)nc2ccccc21. The lowest BCUT2D eigenvalue weighted by molar-refractivity contribution is 0.555. The number of imidazole rings is 1. The number of nitrogens with zero attached hydrogens (tertiary/aromatic N) is 2. The molecular weight excluding hydrogens is 408 g/mol. The van der Waals surface area contributed by atoms with Crippen LogP contribution in [0.15, 0.2) is 71.6 Å². The van der Waals surface area contributed by atoms with Gasteiger partial charge in [0.05, 0.1) is 11.0 Å². The molecule has 1 N–H and O–H groups in total. The normalized spacial score (nSPS) is 11.7. The van der Waals surface area contributed by atoms with Crippen LogP contribution in [-0.4, -0.2) is 18.0 Å². The zero-order chi connectivity index (χ0) is 21.3. The Bertz CT molecular complexity index is 1330. The number of rotatable bonds is 6. The highest BCUT2D eigenvalue weighted by Gasteiger charge is 2.20. The number of aromatic nitrogens is 2. The number of aryl methyl sites for hydroxylation is 3. The summed E-state index contributed by atoms with van der Waals surface area (Å²) in [7, 11) is -2.29. The Labute approximate surface area is 173 Å². The van der Waals surface area contributed by atoms with Gasteiger partial charge in [-0.3, -0.25) is 4.72 Å². The van der Waals surface area contributed by atoms with Gasteiger partial charge in [0.1, 0.15) is 22.4 Å². The van der Waals surface area contributed by atoms with Crippen LogP contribution in [0.4, 0.5) is 14.5 Å². The molecule has 0 spiro atoms. The quantitative estimate of drug-likeness (QED) is 0.495. The Hall–Kier alpha value is -3.26. The highest BCUT2D eigenvalue weighted by molar-refractivity contribution is 7.92. The smallest absolute Gasteiger partial charge is 0.264 e. The molecule has 4 aromatic rings. The minimum absolute atomic E-state index is 0.279. The molecule has 0 amide bonds. The Morgan fingerprint density at radius 2 is 1.77 bits per heavy atom. The van der Waals surface area contributed by atoms with Crippen LogP contribution >= 0.6 is 0 Å². The number of sulfonamides is 1. The zero-order valence-electron chi connectivity index (χ0n) is 16.1. The average Bonchev–Trinajstić information content (AvgIpc) is 3.04. The van der Waals surface area contributed by atoms with E-state index in [4.69, 9.17) is 0 Å². The number of anilines is 1. The summed E-state index contributed by atoms with van der Waals surface area (Å²) < 4.78 is 56.6. The second-order valence-electron chi connectivity index (χ2n) is 6.96. The second kappa shape index (κ2) is 7.87. The standard InChI is InChI=1S/C22H19F2N3O2S/c1-27-20-8-3-2-7-19(20)25-22(27)12-9-15-5-4-6-17(13-15)26-30(28,29)21-14-16(23)10-11-18(21)24/h2-8,10-11,13-14,26H,9,12H2,1H3. The minimum atomic E-state index is -4.26. The van der Waals surface area contributed by atoms with Crippen molar-refractivity contribution < 1.29 is 17.2 Å². The zero-order valence-corrected chi connectivity index (χ0v) is 17.0. The number of hydrogen-bond acceptors (Lipinski definition) is 3. The maximum absolute atomic E-state index is 13.9. The molecule has 0 atom stereocenters. The third-order valence-corrected chi connectivity index (χ3v) is 6.28. The van der Waals surface area contributed by atoms with Gasteiger partial charge in [0.2, 0.25) is 0 Å². The molecule has 1 heterocycles. The summed E-state index contributed by atoms with van der Waals surface area (Å²) in [4.78, 5) is 3.91. The molecule has 0 saturated carbocycles. The summed E-state index contributed by atoms with van der Waals surface area (Å²) in [5, 5.41) is 0. The van der Waals surface area contributed by atoms with E-state index in [1.54, 1.807) is 18.2 Å². The van der Waals surface area contributed by atoms with Crippen molar-refractivity contribution in [3.8, 4) is 0 Å². The number of para-hydroxylation sites is 2. The number of halogens is 2. The molecule has 4 rings (SSSR count). The van der Waals surface area contributed by atoms with Crippen molar-refractivity contribution in [2.24, 2.45) is 7.05 Å². The Morgan fingerprint density at radius 1 is 0.967 bits per heavy atom. The first-order valence-electron chi connectivity index (χ1n) is 9.31. The lowest BCUT2D eigenvalue weighted by atomic mass is 10.1. The molecule has 0 saturated heterocycles. The third-order valence-electron chi connectivity index (χ3n) is 4.88. The first-order valence-corrected chi connectivity index (χ1v) is 10.8. The Kier molecular flexibility index (Phi) is 5.26. The van der Waals surface area contributed by atoms with Gasteiger partial charge in [-0.25, -0.2) is 22.2 Å². The topological polar surface area (TPSA) is 64.0 Å². The predicted molar refractivity (Wildman–Crippen MR) is 112 cm³/mol. The maximum atomic E-state index is 13.9. The van der Waals surface area contributed by atoms with Gasteiger partial charge < -0.3 is 4.57 Å². The van der Waals surface area contributed by atoms with Crippen LogP contribution in [-0.2, 0) is 29.9 Å². The fraction of sp³-hybridized carbons (Fsp3) is 0.136. The van der Waals surface area contributed by atoms with E-state index in [9.17, 15) is 17.2 Å². The van der Waals surface area contributed by atoms with Gasteiger partial charge in [0, 0.05) is 19.2 Å². The van der Waals surface area contributed by atoms with Crippen LogP contribution < -0.4 is 4.72 Å². The summed E-state index contributed by atoms with van der Waals surface area (Å²) in [5.74, 6) is -0.918. The average molecular weight is 427 g/mol. The van der Waals surface area contributed by atoms with Gasteiger partial charge in [-0.2, -0.15) is 0 Å². The molecule has 1 aromatic heterocycles. The molecule has 0 bridgehead atoms. The summed E-state index contributed by atoms with van der Waals surface area (Å²) in [6.07, 6.45) is 1.31. The predicted octanol–water partition coefficient (Wildman–Crippen LogP) is 4.44. The number of benzene rings is 3. The van der Waals surface area contributed by atoms with Crippen LogP contribution in [0.25, 0.3) is 11.0 Å². The van der Waals surface area contributed by atoms with E-state index in [2.05, 4.69) is 9.71 Å². The van der Waals surface area contributed by atoms with E-state index in [1.807, 2.05) is 41.9 Å². The molecule has 0 aliphatic rings. The van der Waals surface area contributed by atoms with E-state index in [0.717, 1.165) is 34.6 Å². The van der Waals surface area contributed by atoms with E-state index in [0.29, 0.717) is 18.9 Å². The molecule has 0 fully saturated rings. The van der Waals surface area contributed by atoms with Gasteiger partial charge >= 0.3 is 0 Å². The van der Waals surface area contributed by atoms with Gasteiger partial charge in [-0.05, 0) is 54.4 Å². The van der Waals surface area contributed by atoms with Gasteiger partial charge in [0.15, 0.2) is 0 Å².